The maximum absolute atomic E-state index is 12.2. The number of hydrogen-bond donors (Lipinski definition) is 4. The van der Waals surface area contributed by atoms with Crippen LogP contribution in [0, 0.1) is 0 Å². The van der Waals surface area contributed by atoms with Crippen LogP contribution in [0.2, 0.25) is 10.0 Å². The van der Waals surface area contributed by atoms with Crippen LogP contribution >= 0.6 is 23.2 Å². The molecule has 0 aliphatic carbocycles. The van der Waals surface area contributed by atoms with E-state index < -0.39 is 0 Å². The number of rotatable bonds is 24. The highest BCUT2D eigenvalue weighted by Crippen LogP contribution is 2.24. The van der Waals surface area contributed by atoms with Crippen LogP contribution in [0.1, 0.15) is 136 Å². The van der Waals surface area contributed by atoms with Gasteiger partial charge in [-0.1, -0.05) is 87.4 Å². The lowest BCUT2D eigenvalue weighted by molar-refractivity contribution is -0.0650. The molecule has 53 heavy (non-hydrogen) atoms. The van der Waals surface area contributed by atoms with Gasteiger partial charge in [-0.05, 0) is 101 Å². The molecule has 0 atom stereocenters. The molecule has 0 bridgehead atoms. The SMILES string of the molecule is O=C(NCCCCCCCCCN1CCC(OC2CCN(CCCCCCCCCNC(=O)c3cc(Cl)ccc3O)CC2)CC1)c1cc(Cl)ccc1O. The van der Waals surface area contributed by atoms with Crippen molar-refractivity contribution in [3.8, 4) is 11.5 Å². The fourth-order valence-electron chi connectivity index (χ4n) is 7.47. The molecule has 2 aromatic carbocycles. The number of carbonyl (C=O) groups is 2. The standard InChI is InChI=1S/C42H64Cl2N4O5/c43-33-15-17-39(49)37(31-33)41(51)45-23-11-7-3-1-5-9-13-25-47-27-19-35(20-28-47)53-36-21-29-48(30-22-36)26-14-10-6-2-4-8-12-24-46-42(52)38-32-34(44)16-18-40(38)50/h15-18,31-32,35-36,49-50H,1-14,19-30H2,(H,45,51)(H,46,52). The number of carbonyl (C=O) groups excluding carboxylic acids is 2. The van der Waals surface area contributed by atoms with Crippen LogP contribution in [0.3, 0.4) is 0 Å². The van der Waals surface area contributed by atoms with E-state index >= 15 is 0 Å². The van der Waals surface area contributed by atoms with Gasteiger partial charge < -0.3 is 35.4 Å². The molecule has 0 radical (unpaired) electrons. The molecule has 9 nitrogen and oxygen atoms in total. The normalized spacial score (nSPS) is 16.2. The van der Waals surface area contributed by atoms with Crippen molar-refractivity contribution >= 4 is 35.0 Å². The first-order valence-electron chi connectivity index (χ1n) is 20.4. The summed E-state index contributed by atoms with van der Waals surface area (Å²) in [7, 11) is 0. The molecular weight excluding hydrogens is 711 g/mol. The summed E-state index contributed by atoms with van der Waals surface area (Å²) < 4.78 is 6.58. The molecular formula is C42H64Cl2N4O5. The van der Waals surface area contributed by atoms with Gasteiger partial charge >= 0.3 is 0 Å². The number of unbranched alkanes of at least 4 members (excludes halogenated alkanes) is 12. The Bertz CT molecular complexity index is 1260. The number of hydrogen-bond acceptors (Lipinski definition) is 7. The summed E-state index contributed by atoms with van der Waals surface area (Å²) in [5.74, 6) is -0.639. The molecule has 2 fully saturated rings. The summed E-state index contributed by atoms with van der Waals surface area (Å²) in [6.07, 6.45) is 22.1. The summed E-state index contributed by atoms with van der Waals surface area (Å²) >= 11 is 11.9. The molecule has 4 rings (SSSR count). The molecule has 4 N–H and O–H groups in total. The zero-order valence-electron chi connectivity index (χ0n) is 31.8. The number of phenols is 2. The fourth-order valence-corrected chi connectivity index (χ4v) is 7.82. The van der Waals surface area contributed by atoms with E-state index in [9.17, 15) is 19.8 Å². The Balaban J connectivity index is 0.888. The van der Waals surface area contributed by atoms with Crippen molar-refractivity contribution < 1.29 is 24.5 Å². The smallest absolute Gasteiger partial charge is 0.255 e. The van der Waals surface area contributed by atoms with E-state index in [1.54, 1.807) is 12.1 Å². The number of halogens is 2. The van der Waals surface area contributed by atoms with Gasteiger partial charge in [0.15, 0.2) is 0 Å². The third-order valence-corrected chi connectivity index (χ3v) is 11.2. The maximum atomic E-state index is 12.2. The average molecular weight is 776 g/mol. The molecule has 0 aromatic heterocycles. The summed E-state index contributed by atoms with van der Waals surface area (Å²) in [6.45, 7) is 8.27. The Labute approximate surface area is 328 Å². The lowest BCUT2D eigenvalue weighted by Gasteiger charge is -2.37. The first-order valence-corrected chi connectivity index (χ1v) is 21.2. The van der Waals surface area contributed by atoms with Crippen molar-refractivity contribution in [3.63, 3.8) is 0 Å². The van der Waals surface area contributed by atoms with Crippen LogP contribution in [0.15, 0.2) is 36.4 Å². The molecule has 296 valence electrons. The van der Waals surface area contributed by atoms with Gasteiger partial charge in [-0.3, -0.25) is 9.59 Å². The summed E-state index contributed by atoms with van der Waals surface area (Å²) in [4.78, 5) is 29.7. The van der Waals surface area contributed by atoms with Crippen LogP contribution in [0.5, 0.6) is 11.5 Å². The van der Waals surface area contributed by atoms with E-state index in [2.05, 4.69) is 20.4 Å². The van der Waals surface area contributed by atoms with Crippen LogP contribution in [-0.4, -0.2) is 96.4 Å². The zero-order valence-corrected chi connectivity index (χ0v) is 33.3. The lowest BCUT2D eigenvalue weighted by atomic mass is 10.0. The molecule has 11 heteroatoms. The minimum atomic E-state index is -0.276. The lowest BCUT2D eigenvalue weighted by Crippen LogP contribution is -2.42. The number of benzene rings is 2. The van der Waals surface area contributed by atoms with Crippen molar-refractivity contribution in [2.45, 2.75) is 128 Å². The van der Waals surface area contributed by atoms with Crippen molar-refractivity contribution in [2.75, 3.05) is 52.4 Å². The Hall–Kier alpha value is -2.56. The predicted octanol–water partition coefficient (Wildman–Crippen LogP) is 8.97. The van der Waals surface area contributed by atoms with Gasteiger partial charge in [0.2, 0.25) is 0 Å². The first-order chi connectivity index (χ1) is 25.8. The first kappa shape index (κ1) is 43.2. The quantitative estimate of drug-likeness (QED) is 0.0788. The molecule has 0 saturated carbocycles. The number of amides is 2. The second-order valence-corrected chi connectivity index (χ2v) is 15.9. The Morgan fingerprint density at radius 2 is 0.906 bits per heavy atom. The van der Waals surface area contributed by atoms with Crippen LogP contribution in [-0.2, 0) is 4.74 Å². The highest BCUT2D eigenvalue weighted by atomic mass is 35.5. The minimum absolute atomic E-state index is 0.0435. The van der Waals surface area contributed by atoms with Crippen molar-refractivity contribution in [3.05, 3.63) is 57.6 Å². The van der Waals surface area contributed by atoms with Crippen molar-refractivity contribution in [1.82, 2.24) is 20.4 Å². The van der Waals surface area contributed by atoms with E-state index in [0.717, 1.165) is 77.5 Å². The van der Waals surface area contributed by atoms with Gasteiger partial charge in [-0.15, -0.1) is 0 Å². The van der Waals surface area contributed by atoms with Gasteiger partial charge in [0.1, 0.15) is 11.5 Å². The van der Waals surface area contributed by atoms with Crippen LogP contribution < -0.4 is 10.6 Å². The van der Waals surface area contributed by atoms with Crippen molar-refractivity contribution in [1.29, 1.82) is 0 Å². The summed E-state index contributed by atoms with van der Waals surface area (Å²) in [5.41, 5.74) is 0.457. The van der Waals surface area contributed by atoms with Gasteiger partial charge in [0, 0.05) is 49.3 Å². The third-order valence-electron chi connectivity index (χ3n) is 10.7. The number of aromatic hydroxyl groups is 2. The van der Waals surface area contributed by atoms with E-state index in [0.29, 0.717) is 35.3 Å². The molecule has 2 aliphatic rings. The highest BCUT2D eigenvalue weighted by molar-refractivity contribution is 6.31. The molecule has 2 aliphatic heterocycles. The molecule has 2 amide bonds. The Morgan fingerprint density at radius 3 is 1.28 bits per heavy atom. The van der Waals surface area contributed by atoms with Crippen molar-refractivity contribution in [2.24, 2.45) is 0 Å². The third kappa shape index (κ3) is 16.8. The Kier molecular flexibility index (Phi) is 20.2. The molecule has 0 spiro atoms. The second kappa shape index (κ2) is 24.8. The van der Waals surface area contributed by atoms with Gasteiger partial charge in [0.25, 0.3) is 11.8 Å². The topological polar surface area (TPSA) is 114 Å². The zero-order chi connectivity index (χ0) is 37.7. The molecule has 2 saturated heterocycles. The average Bonchev–Trinajstić information content (AvgIpc) is 3.16. The Morgan fingerprint density at radius 1 is 0.566 bits per heavy atom. The number of ether oxygens (including phenoxy) is 1. The molecule has 2 heterocycles. The minimum Gasteiger partial charge on any atom is -0.507 e. The van der Waals surface area contributed by atoms with E-state index in [1.165, 1.54) is 102 Å². The van der Waals surface area contributed by atoms with E-state index in [1.807, 2.05) is 0 Å². The van der Waals surface area contributed by atoms with E-state index in [-0.39, 0.29) is 34.4 Å². The second-order valence-electron chi connectivity index (χ2n) is 15.0. The summed E-state index contributed by atoms with van der Waals surface area (Å²) in [6, 6.07) is 9.03. The van der Waals surface area contributed by atoms with Gasteiger partial charge in [0.05, 0.1) is 23.3 Å². The van der Waals surface area contributed by atoms with Crippen LogP contribution in [0.25, 0.3) is 0 Å². The molecule has 0 unspecified atom stereocenters. The fraction of sp³-hybridized carbons (Fsp3) is 0.667. The maximum Gasteiger partial charge on any atom is 0.255 e. The van der Waals surface area contributed by atoms with Crippen LogP contribution in [0.4, 0.5) is 0 Å². The summed E-state index contributed by atoms with van der Waals surface area (Å²) in [5, 5.41) is 26.3. The number of nitrogens with zero attached hydrogens (tertiary/aromatic N) is 2. The largest absolute Gasteiger partial charge is 0.507 e. The number of phenolic OH excluding ortho intramolecular Hbond substituents is 2. The van der Waals surface area contributed by atoms with E-state index in [4.69, 9.17) is 27.9 Å². The predicted molar refractivity (Wildman–Crippen MR) is 216 cm³/mol. The molecule has 2 aromatic rings. The van der Waals surface area contributed by atoms with Gasteiger partial charge in [-0.25, -0.2) is 0 Å². The van der Waals surface area contributed by atoms with Gasteiger partial charge in [-0.2, -0.15) is 0 Å². The highest BCUT2D eigenvalue weighted by Gasteiger charge is 2.25. The number of piperidine rings is 2. The number of likely N-dealkylation sites (tertiary alicyclic amines) is 2. The number of nitrogens with one attached hydrogen (secondary N) is 2. The monoisotopic (exact) mass is 774 g/mol.